The third-order valence-electron chi connectivity index (χ3n) is 5.61. The van der Waals surface area contributed by atoms with Gasteiger partial charge in [-0.05, 0) is 19.9 Å². The second-order valence-electron chi connectivity index (χ2n) is 7.58. The first-order valence-electron chi connectivity index (χ1n) is 9.36. The summed E-state index contributed by atoms with van der Waals surface area (Å²) in [6, 6.07) is 4.04. The Hall–Kier alpha value is -2.81. The van der Waals surface area contributed by atoms with Crippen LogP contribution in [0.3, 0.4) is 0 Å². The van der Waals surface area contributed by atoms with E-state index in [0.717, 1.165) is 49.2 Å². The maximum absolute atomic E-state index is 12.6. The second-order valence-corrected chi connectivity index (χ2v) is 8.30. The number of carbonyl (C=O) groups excluding carboxylic acids is 1. The molecule has 28 heavy (non-hydrogen) atoms. The van der Waals surface area contributed by atoms with Gasteiger partial charge in [-0.15, -0.1) is 11.3 Å². The first-order chi connectivity index (χ1) is 13.6. The molecule has 2 unspecified atom stereocenters. The molecule has 3 aromatic heterocycles. The predicted octanol–water partition coefficient (Wildman–Crippen LogP) is 1.94. The summed E-state index contributed by atoms with van der Waals surface area (Å²) >= 11 is 1.46. The van der Waals surface area contributed by atoms with Crippen LogP contribution >= 0.6 is 11.3 Å². The van der Waals surface area contributed by atoms with E-state index >= 15 is 0 Å². The van der Waals surface area contributed by atoms with Crippen LogP contribution in [0.2, 0.25) is 0 Å². The molecule has 144 valence electrons. The molecule has 5 rings (SSSR count). The van der Waals surface area contributed by atoms with Crippen LogP contribution in [0.1, 0.15) is 21.9 Å². The minimum absolute atomic E-state index is 0.0519. The molecule has 0 N–H and O–H groups in total. The molecule has 9 heteroatoms. The average molecular weight is 395 g/mol. The third-order valence-corrected chi connectivity index (χ3v) is 6.20. The van der Waals surface area contributed by atoms with E-state index in [1.165, 1.54) is 11.3 Å². The molecule has 2 atom stereocenters. The highest BCUT2D eigenvalue weighted by Crippen LogP contribution is 2.34. The van der Waals surface area contributed by atoms with Crippen molar-refractivity contribution in [1.29, 1.82) is 0 Å². The fraction of sp³-hybridized carbons (Fsp3) is 0.421. The Balaban J connectivity index is 1.30. The predicted molar refractivity (Wildman–Crippen MR) is 106 cm³/mol. The topological polar surface area (TPSA) is 80.0 Å². The van der Waals surface area contributed by atoms with Crippen molar-refractivity contribution in [2.45, 2.75) is 13.8 Å². The van der Waals surface area contributed by atoms with Crippen molar-refractivity contribution in [2.75, 3.05) is 31.1 Å². The minimum Gasteiger partial charge on any atom is -0.356 e. The van der Waals surface area contributed by atoms with Gasteiger partial charge in [-0.3, -0.25) is 4.79 Å². The van der Waals surface area contributed by atoms with Crippen molar-refractivity contribution >= 4 is 23.1 Å². The summed E-state index contributed by atoms with van der Waals surface area (Å²) in [6.07, 6.45) is 1.60. The molecule has 1 amide bonds. The Morgan fingerprint density at radius 3 is 2.43 bits per heavy atom. The summed E-state index contributed by atoms with van der Waals surface area (Å²) in [5.74, 6) is 2.69. The summed E-state index contributed by atoms with van der Waals surface area (Å²) in [5.41, 5.74) is 4.29. The van der Waals surface area contributed by atoms with Gasteiger partial charge in [0.1, 0.15) is 17.8 Å². The van der Waals surface area contributed by atoms with E-state index in [4.69, 9.17) is 0 Å². The highest BCUT2D eigenvalue weighted by molar-refractivity contribution is 7.07. The lowest BCUT2D eigenvalue weighted by Gasteiger charge is -2.22. The summed E-state index contributed by atoms with van der Waals surface area (Å²) < 4.78 is 1.85. The molecule has 0 bridgehead atoms. The minimum atomic E-state index is 0.0519. The largest absolute Gasteiger partial charge is 0.356 e. The molecule has 0 saturated carbocycles. The third kappa shape index (κ3) is 2.95. The molecule has 2 aliphatic heterocycles. The Morgan fingerprint density at radius 2 is 1.79 bits per heavy atom. The lowest BCUT2D eigenvalue weighted by atomic mass is 10.0. The Bertz CT molecular complexity index is 1000. The number of nitrogens with zero attached hydrogens (tertiary/aromatic N) is 7. The van der Waals surface area contributed by atoms with Crippen molar-refractivity contribution < 1.29 is 4.79 Å². The zero-order chi connectivity index (χ0) is 19.3. The quantitative estimate of drug-likeness (QED) is 0.674. The molecular weight excluding hydrogens is 374 g/mol. The zero-order valence-corrected chi connectivity index (χ0v) is 16.6. The fourth-order valence-corrected chi connectivity index (χ4v) is 4.84. The number of likely N-dealkylation sites (tertiary alicyclic amines) is 1. The summed E-state index contributed by atoms with van der Waals surface area (Å²) in [4.78, 5) is 29.8. The van der Waals surface area contributed by atoms with E-state index in [9.17, 15) is 4.79 Å². The normalized spacial score (nSPS) is 21.4. The monoisotopic (exact) mass is 395 g/mol. The van der Waals surface area contributed by atoms with Gasteiger partial charge < -0.3 is 9.80 Å². The number of hydrogen-bond donors (Lipinski definition) is 0. The van der Waals surface area contributed by atoms with Crippen molar-refractivity contribution in [3.05, 3.63) is 46.4 Å². The molecule has 0 aromatic carbocycles. The second kappa shape index (κ2) is 6.66. The Kier molecular flexibility index (Phi) is 4.12. The van der Waals surface area contributed by atoms with E-state index in [1.807, 2.05) is 40.9 Å². The van der Waals surface area contributed by atoms with E-state index < -0.39 is 0 Å². The van der Waals surface area contributed by atoms with Crippen LogP contribution in [0.25, 0.3) is 5.82 Å². The van der Waals surface area contributed by atoms with E-state index in [1.54, 1.807) is 11.8 Å². The molecule has 2 fully saturated rings. The lowest BCUT2D eigenvalue weighted by Crippen LogP contribution is -2.33. The molecule has 8 nitrogen and oxygen atoms in total. The fourth-order valence-electron chi connectivity index (χ4n) is 4.31. The van der Waals surface area contributed by atoms with Gasteiger partial charge >= 0.3 is 0 Å². The van der Waals surface area contributed by atoms with E-state index in [-0.39, 0.29) is 5.91 Å². The number of amides is 1. The molecule has 2 aliphatic rings. The molecular formula is C19H21N7OS. The van der Waals surface area contributed by atoms with Crippen LogP contribution in [-0.4, -0.2) is 61.7 Å². The molecule has 2 saturated heterocycles. The van der Waals surface area contributed by atoms with Crippen molar-refractivity contribution in [2.24, 2.45) is 11.8 Å². The van der Waals surface area contributed by atoms with Crippen LogP contribution in [0, 0.1) is 25.7 Å². The number of aromatic nitrogens is 5. The van der Waals surface area contributed by atoms with Gasteiger partial charge in [-0.2, -0.15) is 5.10 Å². The van der Waals surface area contributed by atoms with Crippen molar-refractivity contribution in [3.8, 4) is 5.82 Å². The van der Waals surface area contributed by atoms with Crippen LogP contribution in [0.5, 0.6) is 0 Å². The number of anilines is 1. The number of rotatable bonds is 3. The Labute approximate surface area is 166 Å². The lowest BCUT2D eigenvalue weighted by molar-refractivity contribution is 0.0777. The van der Waals surface area contributed by atoms with Gasteiger partial charge in [-0.25, -0.2) is 19.6 Å². The maximum atomic E-state index is 12.6. The van der Waals surface area contributed by atoms with Gasteiger partial charge in [0.25, 0.3) is 5.91 Å². The van der Waals surface area contributed by atoms with Crippen LogP contribution in [-0.2, 0) is 0 Å². The smallest absolute Gasteiger partial charge is 0.273 e. The molecule has 0 aliphatic carbocycles. The van der Waals surface area contributed by atoms with Gasteiger partial charge in [0.2, 0.25) is 0 Å². The highest BCUT2D eigenvalue weighted by Gasteiger charge is 2.42. The number of carbonyl (C=O) groups is 1. The standard InChI is InChI=1S/C19H21N7OS/c1-12-3-13(2)26(23-12)18-4-17(20-10-21-18)24-5-14-7-25(8-15(14)6-24)19(27)16-9-28-11-22-16/h3-4,9-11,14-15H,5-8H2,1-2H3. The number of fused-ring (bicyclic) bond motifs is 1. The first-order valence-corrected chi connectivity index (χ1v) is 10.3. The average Bonchev–Trinajstić information content (AvgIpc) is 3.45. The molecule has 5 heterocycles. The van der Waals surface area contributed by atoms with Gasteiger partial charge in [0.15, 0.2) is 5.82 Å². The summed E-state index contributed by atoms with van der Waals surface area (Å²) in [6.45, 7) is 7.37. The number of hydrogen-bond acceptors (Lipinski definition) is 7. The van der Waals surface area contributed by atoms with Crippen LogP contribution in [0.15, 0.2) is 29.4 Å². The highest BCUT2D eigenvalue weighted by atomic mass is 32.1. The summed E-state index contributed by atoms with van der Waals surface area (Å²) in [5, 5.41) is 6.34. The van der Waals surface area contributed by atoms with Crippen molar-refractivity contribution in [3.63, 3.8) is 0 Å². The van der Waals surface area contributed by atoms with Crippen molar-refractivity contribution in [1.82, 2.24) is 29.6 Å². The number of aryl methyl sites for hydroxylation is 2. The van der Waals surface area contributed by atoms with Crippen LogP contribution in [0.4, 0.5) is 5.82 Å². The Morgan fingerprint density at radius 1 is 1.04 bits per heavy atom. The zero-order valence-electron chi connectivity index (χ0n) is 15.8. The van der Waals surface area contributed by atoms with Gasteiger partial charge in [0.05, 0.1) is 11.2 Å². The maximum Gasteiger partial charge on any atom is 0.273 e. The first kappa shape index (κ1) is 17.3. The van der Waals surface area contributed by atoms with Gasteiger partial charge in [0, 0.05) is 55.2 Å². The van der Waals surface area contributed by atoms with Gasteiger partial charge in [-0.1, -0.05) is 0 Å². The molecule has 3 aromatic rings. The summed E-state index contributed by atoms with van der Waals surface area (Å²) in [7, 11) is 0. The molecule has 0 radical (unpaired) electrons. The van der Waals surface area contributed by atoms with E-state index in [0.29, 0.717) is 17.5 Å². The number of thiazole rings is 1. The molecule has 0 spiro atoms. The van der Waals surface area contributed by atoms with Crippen LogP contribution < -0.4 is 4.90 Å². The van der Waals surface area contributed by atoms with E-state index in [2.05, 4.69) is 25.0 Å². The SMILES string of the molecule is Cc1cc(C)n(-c2cc(N3CC4CN(C(=O)c5cscn5)CC4C3)ncn2)n1.